The van der Waals surface area contributed by atoms with E-state index in [0.717, 1.165) is 24.8 Å². The minimum absolute atomic E-state index is 0.556. The lowest BCUT2D eigenvalue weighted by molar-refractivity contribution is 0.162. The van der Waals surface area contributed by atoms with Gasteiger partial charge in [-0.3, -0.25) is 4.90 Å². The molecule has 21 heavy (non-hydrogen) atoms. The van der Waals surface area contributed by atoms with E-state index in [9.17, 15) is 0 Å². The molecule has 1 aromatic rings. The highest BCUT2D eigenvalue weighted by atomic mass is 15.3. The van der Waals surface area contributed by atoms with Crippen molar-refractivity contribution in [1.29, 1.82) is 0 Å². The predicted octanol–water partition coefficient (Wildman–Crippen LogP) is 2.01. The van der Waals surface area contributed by atoms with Crippen LogP contribution < -0.4 is 10.6 Å². The van der Waals surface area contributed by atoms with Crippen LogP contribution in [0.2, 0.25) is 0 Å². The number of nitrogen functional groups attached to an aromatic ring is 1. The van der Waals surface area contributed by atoms with E-state index in [0.29, 0.717) is 17.8 Å². The maximum atomic E-state index is 5.81. The third-order valence-electron chi connectivity index (χ3n) is 4.71. The summed E-state index contributed by atoms with van der Waals surface area (Å²) in [5.74, 6) is 3.14. The molecular weight excluding hydrogens is 262 g/mol. The van der Waals surface area contributed by atoms with E-state index in [4.69, 9.17) is 5.73 Å². The second-order valence-electron chi connectivity index (χ2n) is 6.85. The van der Waals surface area contributed by atoms with Gasteiger partial charge < -0.3 is 10.6 Å². The average molecular weight is 289 g/mol. The van der Waals surface area contributed by atoms with E-state index in [1.54, 1.807) is 6.33 Å². The molecule has 116 valence electrons. The van der Waals surface area contributed by atoms with Gasteiger partial charge in [-0.25, -0.2) is 9.97 Å². The summed E-state index contributed by atoms with van der Waals surface area (Å²) in [5.41, 5.74) is 5.81. The maximum Gasteiger partial charge on any atom is 0.134 e. The van der Waals surface area contributed by atoms with Crippen molar-refractivity contribution in [2.24, 2.45) is 11.8 Å². The molecule has 0 amide bonds. The van der Waals surface area contributed by atoms with Crippen molar-refractivity contribution in [3.63, 3.8) is 0 Å². The van der Waals surface area contributed by atoms with Gasteiger partial charge in [-0.2, -0.15) is 0 Å². The van der Waals surface area contributed by atoms with E-state index in [2.05, 4.69) is 33.6 Å². The third-order valence-corrected chi connectivity index (χ3v) is 4.71. The summed E-state index contributed by atoms with van der Waals surface area (Å²) in [6, 6.07) is 2.50. The number of anilines is 2. The molecule has 0 unspecified atom stereocenters. The molecule has 2 fully saturated rings. The summed E-state index contributed by atoms with van der Waals surface area (Å²) in [4.78, 5) is 13.5. The molecule has 1 saturated carbocycles. The maximum absolute atomic E-state index is 5.81. The number of aromatic nitrogens is 2. The van der Waals surface area contributed by atoms with Crippen molar-refractivity contribution in [2.75, 3.05) is 36.8 Å². The summed E-state index contributed by atoms with van der Waals surface area (Å²) in [5, 5.41) is 0. The van der Waals surface area contributed by atoms with Crippen LogP contribution in [0.3, 0.4) is 0 Å². The van der Waals surface area contributed by atoms with Gasteiger partial charge in [0, 0.05) is 38.3 Å². The molecular formula is C16H27N5. The van der Waals surface area contributed by atoms with Crippen molar-refractivity contribution in [1.82, 2.24) is 14.9 Å². The van der Waals surface area contributed by atoms with Crippen LogP contribution in [0.5, 0.6) is 0 Å². The number of hydrogen-bond acceptors (Lipinski definition) is 5. The Bertz CT molecular complexity index is 471. The highest BCUT2D eigenvalue weighted by Crippen LogP contribution is 2.32. The van der Waals surface area contributed by atoms with Crippen LogP contribution in [0.15, 0.2) is 12.4 Å². The molecule has 0 spiro atoms. The van der Waals surface area contributed by atoms with Gasteiger partial charge in [-0.1, -0.05) is 13.8 Å². The second kappa shape index (κ2) is 6.18. The van der Waals surface area contributed by atoms with E-state index < -0.39 is 0 Å². The monoisotopic (exact) mass is 289 g/mol. The zero-order valence-corrected chi connectivity index (χ0v) is 13.2. The second-order valence-corrected chi connectivity index (χ2v) is 6.85. The first-order valence-corrected chi connectivity index (χ1v) is 8.20. The Morgan fingerprint density at radius 1 is 1.29 bits per heavy atom. The number of nitrogens with two attached hydrogens (primary N) is 1. The van der Waals surface area contributed by atoms with Crippen LogP contribution in [-0.4, -0.2) is 47.1 Å². The van der Waals surface area contributed by atoms with Crippen LogP contribution in [0.4, 0.5) is 11.6 Å². The van der Waals surface area contributed by atoms with Gasteiger partial charge in [0.2, 0.25) is 0 Å². The fourth-order valence-corrected chi connectivity index (χ4v) is 3.30. The zero-order chi connectivity index (χ0) is 14.8. The quantitative estimate of drug-likeness (QED) is 0.919. The van der Waals surface area contributed by atoms with Crippen LogP contribution in [0.25, 0.3) is 0 Å². The zero-order valence-electron chi connectivity index (χ0n) is 13.2. The Morgan fingerprint density at radius 3 is 2.76 bits per heavy atom. The molecule has 2 aliphatic rings. The Hall–Kier alpha value is -1.36. The Morgan fingerprint density at radius 2 is 2.10 bits per heavy atom. The number of hydrogen-bond donors (Lipinski definition) is 1. The Kier molecular flexibility index (Phi) is 4.29. The SMILES string of the molecule is CC(C)[C@@H]1CN(c2cc(N)ncn2)CCCN1CC1CC1. The highest BCUT2D eigenvalue weighted by Gasteiger charge is 2.32. The van der Waals surface area contributed by atoms with Crippen molar-refractivity contribution in [3.8, 4) is 0 Å². The van der Waals surface area contributed by atoms with Gasteiger partial charge >= 0.3 is 0 Å². The molecule has 1 aromatic heterocycles. The van der Waals surface area contributed by atoms with E-state index in [1.807, 2.05) is 6.07 Å². The van der Waals surface area contributed by atoms with E-state index in [-0.39, 0.29) is 0 Å². The molecule has 1 aliphatic carbocycles. The lowest BCUT2D eigenvalue weighted by Crippen LogP contribution is -2.45. The van der Waals surface area contributed by atoms with Gasteiger partial charge in [-0.05, 0) is 31.1 Å². The lowest BCUT2D eigenvalue weighted by Gasteiger charge is -2.35. The summed E-state index contributed by atoms with van der Waals surface area (Å²) >= 11 is 0. The van der Waals surface area contributed by atoms with E-state index in [1.165, 1.54) is 32.4 Å². The first-order chi connectivity index (χ1) is 10.1. The number of rotatable bonds is 4. The van der Waals surface area contributed by atoms with Gasteiger partial charge in [0.1, 0.15) is 18.0 Å². The molecule has 3 rings (SSSR count). The molecule has 2 heterocycles. The molecule has 0 radical (unpaired) electrons. The van der Waals surface area contributed by atoms with Crippen LogP contribution in [-0.2, 0) is 0 Å². The highest BCUT2D eigenvalue weighted by molar-refractivity contribution is 5.46. The Balaban J connectivity index is 1.75. The molecule has 1 aliphatic heterocycles. The van der Waals surface area contributed by atoms with Gasteiger partial charge in [0.25, 0.3) is 0 Å². The Labute approximate surface area is 127 Å². The summed E-state index contributed by atoms with van der Waals surface area (Å²) < 4.78 is 0. The third kappa shape index (κ3) is 3.64. The standard InChI is InChI=1S/C16H27N5/c1-12(2)14-10-21(16-8-15(17)18-11-19-16)7-3-6-20(14)9-13-4-5-13/h8,11-14H,3-7,9-10H2,1-2H3,(H2,17,18,19)/t14-/m0/s1. The fourth-order valence-electron chi connectivity index (χ4n) is 3.30. The first kappa shape index (κ1) is 14.6. The first-order valence-electron chi connectivity index (χ1n) is 8.20. The van der Waals surface area contributed by atoms with Gasteiger partial charge in [0.05, 0.1) is 0 Å². The smallest absolute Gasteiger partial charge is 0.134 e. The lowest BCUT2D eigenvalue weighted by atomic mass is 10.0. The minimum Gasteiger partial charge on any atom is -0.384 e. The van der Waals surface area contributed by atoms with Crippen LogP contribution >= 0.6 is 0 Å². The van der Waals surface area contributed by atoms with Crippen LogP contribution in [0.1, 0.15) is 33.1 Å². The number of nitrogens with zero attached hydrogens (tertiary/aromatic N) is 4. The summed E-state index contributed by atoms with van der Waals surface area (Å²) in [6.45, 7) is 9.26. The normalized spacial score (nSPS) is 24.3. The molecule has 5 heteroatoms. The molecule has 1 atom stereocenters. The van der Waals surface area contributed by atoms with Crippen molar-refractivity contribution in [3.05, 3.63) is 12.4 Å². The molecule has 5 nitrogen and oxygen atoms in total. The van der Waals surface area contributed by atoms with Gasteiger partial charge in [0.15, 0.2) is 0 Å². The summed E-state index contributed by atoms with van der Waals surface area (Å²) in [7, 11) is 0. The largest absolute Gasteiger partial charge is 0.384 e. The molecule has 2 N–H and O–H groups in total. The topological polar surface area (TPSA) is 58.3 Å². The molecule has 0 aromatic carbocycles. The van der Waals surface area contributed by atoms with Crippen LogP contribution in [0, 0.1) is 11.8 Å². The summed E-state index contributed by atoms with van der Waals surface area (Å²) in [6.07, 6.45) is 5.61. The van der Waals surface area contributed by atoms with E-state index >= 15 is 0 Å². The predicted molar refractivity (Wildman–Crippen MR) is 86.2 cm³/mol. The van der Waals surface area contributed by atoms with Crippen molar-refractivity contribution in [2.45, 2.75) is 39.2 Å². The van der Waals surface area contributed by atoms with Crippen molar-refractivity contribution < 1.29 is 0 Å². The molecule has 1 saturated heterocycles. The van der Waals surface area contributed by atoms with Crippen molar-refractivity contribution >= 4 is 11.6 Å². The fraction of sp³-hybridized carbons (Fsp3) is 0.750. The average Bonchev–Trinajstić information content (AvgIpc) is 3.26. The minimum atomic E-state index is 0.556. The molecule has 0 bridgehead atoms. The van der Waals surface area contributed by atoms with Gasteiger partial charge in [-0.15, -0.1) is 0 Å².